The maximum atomic E-state index is 13.3. The Hall–Kier alpha value is -3.12. The van der Waals surface area contributed by atoms with E-state index in [4.69, 9.17) is 16.0 Å². The molecule has 0 saturated carbocycles. The third kappa shape index (κ3) is 5.33. The van der Waals surface area contributed by atoms with Crippen molar-refractivity contribution in [2.75, 3.05) is 5.32 Å². The zero-order valence-electron chi connectivity index (χ0n) is 17.1. The molecule has 1 aromatic carbocycles. The molecule has 0 bridgehead atoms. The molecule has 4 rings (SSSR count). The van der Waals surface area contributed by atoms with Crippen molar-refractivity contribution in [3.8, 4) is 0 Å². The predicted molar refractivity (Wildman–Crippen MR) is 118 cm³/mol. The Balaban J connectivity index is 1.46. The first-order valence-corrected chi connectivity index (χ1v) is 10.9. The number of benzene rings is 1. The van der Waals surface area contributed by atoms with Gasteiger partial charge in [0.05, 0.1) is 28.8 Å². The number of nitrogens with one attached hydrogen (secondary N) is 1. The molecule has 3 aromatic heterocycles. The second-order valence-corrected chi connectivity index (χ2v) is 8.41. The molecule has 7 nitrogen and oxygen atoms in total. The molecule has 178 valence electrons. The Kier molecular flexibility index (Phi) is 7.08. The van der Waals surface area contributed by atoms with Crippen LogP contribution in [0, 0.1) is 0 Å². The van der Waals surface area contributed by atoms with Crippen molar-refractivity contribution in [2.45, 2.75) is 25.9 Å². The number of alkyl halides is 4. The summed E-state index contributed by atoms with van der Waals surface area (Å²) in [6, 6.07) is 9.82. The van der Waals surface area contributed by atoms with Gasteiger partial charge in [-0.25, -0.2) is 17.6 Å². The van der Waals surface area contributed by atoms with Gasteiger partial charge in [-0.15, -0.1) is 0 Å². The number of carbonyl (C=O) groups is 1. The van der Waals surface area contributed by atoms with Crippen LogP contribution in [0.15, 0.2) is 57.7 Å². The number of nitrogens with zero attached hydrogens (tertiary/aromatic N) is 4. The van der Waals surface area contributed by atoms with Gasteiger partial charge in [0.2, 0.25) is 0 Å². The SMILES string of the molecule is O=C(Nc1cccc(Cn2cc(Br)cn2)c1)c1ccc(Cn2nc(C(F)F)c(Cl)c2C(F)F)o1. The molecule has 0 saturated heterocycles. The number of rotatable bonds is 8. The number of furan rings is 1. The average molecular weight is 561 g/mol. The maximum Gasteiger partial charge on any atom is 0.291 e. The van der Waals surface area contributed by atoms with Crippen LogP contribution in [0.25, 0.3) is 0 Å². The van der Waals surface area contributed by atoms with Crippen molar-refractivity contribution in [3.05, 3.63) is 86.8 Å². The van der Waals surface area contributed by atoms with Crippen LogP contribution < -0.4 is 5.32 Å². The van der Waals surface area contributed by atoms with E-state index >= 15 is 0 Å². The molecule has 0 aliphatic rings. The van der Waals surface area contributed by atoms with Crippen LogP contribution in [0.2, 0.25) is 5.02 Å². The van der Waals surface area contributed by atoms with E-state index in [1.54, 1.807) is 29.1 Å². The summed E-state index contributed by atoms with van der Waals surface area (Å²) in [6.07, 6.45) is -2.77. The van der Waals surface area contributed by atoms with E-state index in [0.29, 0.717) is 16.9 Å². The van der Waals surface area contributed by atoms with Crippen LogP contribution in [0.1, 0.15) is 46.1 Å². The van der Waals surface area contributed by atoms with Crippen molar-refractivity contribution < 1.29 is 26.8 Å². The Morgan fingerprint density at radius 3 is 2.62 bits per heavy atom. The monoisotopic (exact) mass is 559 g/mol. The zero-order chi connectivity index (χ0) is 24.4. The van der Waals surface area contributed by atoms with Crippen LogP contribution >= 0.6 is 27.5 Å². The normalized spacial score (nSPS) is 11.5. The van der Waals surface area contributed by atoms with Crippen molar-refractivity contribution in [1.82, 2.24) is 19.6 Å². The molecule has 13 heteroatoms. The largest absolute Gasteiger partial charge is 0.454 e. The van der Waals surface area contributed by atoms with Gasteiger partial charge >= 0.3 is 0 Å². The molecule has 0 aliphatic heterocycles. The number of amides is 1. The fourth-order valence-electron chi connectivity index (χ4n) is 3.23. The molecule has 0 atom stereocenters. The molecule has 0 fully saturated rings. The summed E-state index contributed by atoms with van der Waals surface area (Å²) in [5.41, 5.74) is -0.394. The van der Waals surface area contributed by atoms with Crippen LogP contribution in [0.3, 0.4) is 0 Å². The summed E-state index contributed by atoms with van der Waals surface area (Å²) < 4.78 is 61.3. The standard InChI is InChI=1S/C21H15BrClF4N5O2/c22-12-7-28-31(9-12)8-11-2-1-3-13(6-11)29-21(33)15-5-4-14(34-15)10-32-18(20(26)27)16(23)17(30-32)19(24)25/h1-7,9,19-20H,8,10H2,(H,29,33). The van der Waals surface area contributed by atoms with E-state index in [-0.39, 0.29) is 11.5 Å². The summed E-state index contributed by atoms with van der Waals surface area (Å²) in [5.74, 6) is -0.613. The van der Waals surface area contributed by atoms with Crippen molar-refractivity contribution in [2.24, 2.45) is 0 Å². The van der Waals surface area contributed by atoms with E-state index in [0.717, 1.165) is 10.0 Å². The Bertz CT molecular complexity index is 1320. The molecule has 0 radical (unpaired) electrons. The summed E-state index contributed by atoms with van der Waals surface area (Å²) in [4.78, 5) is 12.6. The number of aromatic nitrogens is 4. The summed E-state index contributed by atoms with van der Waals surface area (Å²) >= 11 is 8.98. The van der Waals surface area contributed by atoms with Gasteiger partial charge in [0.1, 0.15) is 17.1 Å². The van der Waals surface area contributed by atoms with Gasteiger partial charge in [0.15, 0.2) is 5.76 Å². The third-order valence-electron chi connectivity index (χ3n) is 4.69. The molecule has 4 aromatic rings. The smallest absolute Gasteiger partial charge is 0.291 e. The highest BCUT2D eigenvalue weighted by molar-refractivity contribution is 9.10. The molecule has 0 unspecified atom stereocenters. The number of hydrogen-bond donors (Lipinski definition) is 1. The summed E-state index contributed by atoms with van der Waals surface area (Å²) in [7, 11) is 0. The molecule has 3 heterocycles. The number of halogens is 6. The Morgan fingerprint density at radius 2 is 1.94 bits per heavy atom. The summed E-state index contributed by atoms with van der Waals surface area (Å²) in [5, 5.41) is 9.56. The van der Waals surface area contributed by atoms with Crippen LogP contribution in [0.4, 0.5) is 23.2 Å². The topological polar surface area (TPSA) is 77.9 Å². The minimum absolute atomic E-state index is 0.0602. The second kappa shape index (κ2) is 10.0. The highest BCUT2D eigenvalue weighted by Crippen LogP contribution is 2.35. The lowest BCUT2D eigenvalue weighted by Gasteiger charge is -2.07. The lowest BCUT2D eigenvalue weighted by molar-refractivity contribution is 0.0994. The quantitative estimate of drug-likeness (QED) is 0.256. The van der Waals surface area contributed by atoms with Gasteiger partial charge in [-0.1, -0.05) is 23.7 Å². The number of hydrogen-bond acceptors (Lipinski definition) is 4. The first-order chi connectivity index (χ1) is 16.2. The van der Waals surface area contributed by atoms with Crippen LogP contribution in [0.5, 0.6) is 0 Å². The lowest BCUT2D eigenvalue weighted by Crippen LogP contribution is -2.11. The first-order valence-electron chi connectivity index (χ1n) is 9.70. The lowest BCUT2D eigenvalue weighted by atomic mass is 10.2. The van der Waals surface area contributed by atoms with Gasteiger partial charge in [-0.05, 0) is 45.8 Å². The molecule has 0 spiro atoms. The van der Waals surface area contributed by atoms with Crippen LogP contribution in [-0.4, -0.2) is 25.5 Å². The molecular weight excluding hydrogens is 546 g/mol. The van der Waals surface area contributed by atoms with E-state index in [1.807, 2.05) is 12.3 Å². The maximum absolute atomic E-state index is 13.3. The molecule has 1 amide bonds. The van der Waals surface area contributed by atoms with Gasteiger partial charge in [0.25, 0.3) is 18.8 Å². The minimum atomic E-state index is -3.12. The third-order valence-corrected chi connectivity index (χ3v) is 5.49. The average Bonchev–Trinajstić information content (AvgIpc) is 3.48. The van der Waals surface area contributed by atoms with E-state index in [2.05, 4.69) is 31.4 Å². The highest BCUT2D eigenvalue weighted by Gasteiger charge is 2.28. The molecule has 0 aliphatic carbocycles. The molecular formula is C21H15BrClF4N5O2. The van der Waals surface area contributed by atoms with Gasteiger partial charge in [-0.3, -0.25) is 14.2 Å². The minimum Gasteiger partial charge on any atom is -0.454 e. The molecule has 34 heavy (non-hydrogen) atoms. The first kappa shape index (κ1) is 24.0. The Labute approximate surface area is 203 Å². The second-order valence-electron chi connectivity index (χ2n) is 7.12. The van der Waals surface area contributed by atoms with E-state index in [1.165, 1.54) is 12.1 Å². The van der Waals surface area contributed by atoms with Gasteiger partial charge < -0.3 is 9.73 Å². The van der Waals surface area contributed by atoms with Crippen LogP contribution in [-0.2, 0) is 13.1 Å². The molecule has 1 N–H and O–H groups in total. The highest BCUT2D eigenvalue weighted by atomic mass is 79.9. The Morgan fingerprint density at radius 1 is 1.15 bits per heavy atom. The fourth-order valence-corrected chi connectivity index (χ4v) is 3.85. The number of anilines is 1. The van der Waals surface area contributed by atoms with Crippen molar-refractivity contribution >= 4 is 39.1 Å². The van der Waals surface area contributed by atoms with E-state index in [9.17, 15) is 22.4 Å². The summed E-state index contributed by atoms with van der Waals surface area (Å²) in [6.45, 7) is 0.0774. The van der Waals surface area contributed by atoms with Crippen molar-refractivity contribution in [3.63, 3.8) is 0 Å². The van der Waals surface area contributed by atoms with Gasteiger partial charge in [-0.2, -0.15) is 10.2 Å². The zero-order valence-corrected chi connectivity index (χ0v) is 19.4. The fraction of sp³-hybridized carbons (Fsp3) is 0.190. The van der Waals surface area contributed by atoms with Gasteiger partial charge in [0, 0.05) is 11.9 Å². The van der Waals surface area contributed by atoms with E-state index < -0.39 is 41.7 Å². The predicted octanol–water partition coefficient (Wildman–Crippen LogP) is 6.31. The number of carbonyl (C=O) groups excluding carboxylic acids is 1. The van der Waals surface area contributed by atoms with Crippen molar-refractivity contribution in [1.29, 1.82) is 0 Å².